The van der Waals surface area contributed by atoms with Gasteiger partial charge in [0.1, 0.15) is 4.32 Å². The molecule has 0 N–H and O–H groups in total. The molecule has 0 radical (unpaired) electrons. The number of thiocarbonyl (C=S) groups is 1. The Morgan fingerprint density at radius 2 is 1.95 bits per heavy atom. The second kappa shape index (κ2) is 6.79. The molecule has 21 heavy (non-hydrogen) atoms. The van der Waals surface area contributed by atoms with E-state index < -0.39 is 0 Å². The molecule has 0 spiro atoms. The summed E-state index contributed by atoms with van der Waals surface area (Å²) in [4.78, 5) is 15.3. The zero-order chi connectivity index (χ0) is 14.8. The fraction of sp³-hybridized carbons (Fsp3) is 0.375. The van der Waals surface area contributed by atoms with E-state index in [1.165, 1.54) is 31.0 Å². The Kier molecular flexibility index (Phi) is 5.01. The van der Waals surface area contributed by atoms with Crippen LogP contribution in [0.2, 0.25) is 0 Å². The third-order valence-corrected chi connectivity index (χ3v) is 6.27. The minimum atomic E-state index is 0.0940. The number of thioether (sulfide) groups is 1. The Bertz CT molecular complexity index is 608. The summed E-state index contributed by atoms with van der Waals surface area (Å²) in [6.07, 6.45) is 7.84. The van der Waals surface area contributed by atoms with Crippen LogP contribution in [0.1, 0.15) is 37.7 Å². The number of amides is 1. The highest BCUT2D eigenvalue weighted by Gasteiger charge is 2.37. The summed E-state index contributed by atoms with van der Waals surface area (Å²) in [7, 11) is 0. The maximum atomic E-state index is 12.7. The van der Waals surface area contributed by atoms with Crippen molar-refractivity contribution in [2.45, 2.75) is 38.1 Å². The van der Waals surface area contributed by atoms with Crippen molar-refractivity contribution < 1.29 is 4.79 Å². The quantitative estimate of drug-likeness (QED) is 0.382. The summed E-state index contributed by atoms with van der Waals surface area (Å²) < 4.78 is 1.88. The Labute approximate surface area is 148 Å². The van der Waals surface area contributed by atoms with E-state index in [2.05, 4.69) is 22.6 Å². The SMILES string of the molecule is O=C1/C(=C\c2ccccc2I)SC(=S)N1C1CCCCC1. The average molecular weight is 429 g/mol. The minimum Gasteiger partial charge on any atom is -0.290 e. The highest BCUT2D eigenvalue weighted by molar-refractivity contribution is 14.1. The largest absolute Gasteiger partial charge is 0.290 e. The maximum Gasteiger partial charge on any atom is 0.266 e. The van der Waals surface area contributed by atoms with Crippen molar-refractivity contribution in [3.8, 4) is 0 Å². The molecule has 1 aliphatic carbocycles. The molecule has 1 saturated carbocycles. The summed E-state index contributed by atoms with van der Waals surface area (Å²) in [5.74, 6) is 0.0940. The molecule has 1 aliphatic heterocycles. The van der Waals surface area contributed by atoms with E-state index in [1.807, 2.05) is 35.2 Å². The van der Waals surface area contributed by atoms with E-state index >= 15 is 0 Å². The lowest BCUT2D eigenvalue weighted by Crippen LogP contribution is -2.39. The number of carbonyl (C=O) groups is 1. The number of nitrogens with zero attached hydrogens (tertiary/aromatic N) is 1. The van der Waals surface area contributed by atoms with Crippen molar-refractivity contribution in [2.75, 3.05) is 0 Å². The Hall–Kier alpha value is -0.400. The molecule has 1 aromatic rings. The van der Waals surface area contributed by atoms with Gasteiger partial charge < -0.3 is 0 Å². The Balaban J connectivity index is 1.84. The van der Waals surface area contributed by atoms with Gasteiger partial charge in [0.2, 0.25) is 0 Å². The van der Waals surface area contributed by atoms with Crippen LogP contribution in [0.25, 0.3) is 6.08 Å². The summed E-state index contributed by atoms with van der Waals surface area (Å²) in [5.41, 5.74) is 1.09. The first-order valence-electron chi connectivity index (χ1n) is 7.18. The second-order valence-electron chi connectivity index (χ2n) is 5.37. The van der Waals surface area contributed by atoms with E-state index in [0.29, 0.717) is 6.04 Å². The molecular weight excluding hydrogens is 413 g/mol. The topological polar surface area (TPSA) is 20.3 Å². The predicted molar refractivity (Wildman–Crippen MR) is 101 cm³/mol. The predicted octanol–water partition coefficient (Wildman–Crippen LogP) is 4.83. The summed E-state index contributed by atoms with van der Waals surface area (Å²) in [6, 6.07) is 8.40. The van der Waals surface area contributed by atoms with Gasteiger partial charge in [-0.25, -0.2) is 0 Å². The summed E-state index contributed by atoms with van der Waals surface area (Å²) >= 11 is 9.19. The highest BCUT2D eigenvalue weighted by atomic mass is 127. The highest BCUT2D eigenvalue weighted by Crippen LogP contribution is 2.37. The van der Waals surface area contributed by atoms with Crippen LogP contribution in [0, 0.1) is 3.57 Å². The third-order valence-electron chi connectivity index (χ3n) is 3.96. The van der Waals surface area contributed by atoms with E-state index in [9.17, 15) is 4.79 Å². The molecule has 1 saturated heterocycles. The number of hydrogen-bond acceptors (Lipinski definition) is 3. The van der Waals surface area contributed by atoms with Crippen molar-refractivity contribution in [1.82, 2.24) is 4.90 Å². The van der Waals surface area contributed by atoms with Crippen LogP contribution in [0.5, 0.6) is 0 Å². The van der Waals surface area contributed by atoms with Crippen molar-refractivity contribution in [1.29, 1.82) is 0 Å². The zero-order valence-corrected chi connectivity index (χ0v) is 15.3. The molecule has 5 heteroatoms. The summed E-state index contributed by atoms with van der Waals surface area (Å²) in [5, 5.41) is 0. The van der Waals surface area contributed by atoms with E-state index in [1.54, 1.807) is 0 Å². The molecule has 0 atom stereocenters. The lowest BCUT2D eigenvalue weighted by molar-refractivity contribution is -0.124. The van der Waals surface area contributed by atoms with Crippen molar-refractivity contribution in [2.24, 2.45) is 0 Å². The van der Waals surface area contributed by atoms with Crippen LogP contribution >= 0.6 is 46.6 Å². The number of carbonyl (C=O) groups excluding carboxylic acids is 1. The molecule has 0 aromatic heterocycles. The molecule has 1 amide bonds. The van der Waals surface area contributed by atoms with Crippen LogP contribution in [-0.2, 0) is 4.79 Å². The van der Waals surface area contributed by atoms with Gasteiger partial charge in [-0.2, -0.15) is 0 Å². The number of hydrogen-bond donors (Lipinski definition) is 0. The smallest absolute Gasteiger partial charge is 0.266 e. The van der Waals surface area contributed by atoms with Gasteiger partial charge in [0.25, 0.3) is 5.91 Å². The van der Waals surface area contributed by atoms with Crippen molar-refractivity contribution >= 4 is 62.9 Å². The van der Waals surface area contributed by atoms with Crippen LogP contribution in [-0.4, -0.2) is 21.2 Å². The molecule has 0 bridgehead atoms. The lowest BCUT2D eigenvalue weighted by atomic mass is 9.94. The normalized spacial score (nSPS) is 22.3. The minimum absolute atomic E-state index is 0.0940. The van der Waals surface area contributed by atoms with Gasteiger partial charge in [0, 0.05) is 9.61 Å². The van der Waals surface area contributed by atoms with Crippen LogP contribution in [0.15, 0.2) is 29.2 Å². The van der Waals surface area contributed by atoms with Crippen molar-refractivity contribution in [3.05, 3.63) is 38.3 Å². The van der Waals surface area contributed by atoms with Crippen LogP contribution in [0.3, 0.4) is 0 Å². The second-order valence-corrected chi connectivity index (χ2v) is 8.20. The summed E-state index contributed by atoms with van der Waals surface area (Å²) in [6.45, 7) is 0. The van der Waals surface area contributed by atoms with Gasteiger partial charge >= 0.3 is 0 Å². The average Bonchev–Trinajstić information content (AvgIpc) is 2.77. The van der Waals surface area contributed by atoms with Crippen molar-refractivity contribution in [3.63, 3.8) is 0 Å². The Morgan fingerprint density at radius 1 is 1.24 bits per heavy atom. The monoisotopic (exact) mass is 429 g/mol. The lowest BCUT2D eigenvalue weighted by Gasteiger charge is -2.29. The van der Waals surface area contributed by atoms with E-state index in [-0.39, 0.29) is 5.91 Å². The first kappa shape index (κ1) is 15.5. The molecule has 2 aliphatic rings. The molecular formula is C16H16INOS2. The number of benzene rings is 1. The molecule has 2 fully saturated rings. The van der Waals surface area contributed by atoms with Gasteiger partial charge in [-0.05, 0) is 53.1 Å². The van der Waals surface area contributed by atoms with Crippen LogP contribution < -0.4 is 0 Å². The fourth-order valence-corrected chi connectivity index (χ4v) is 4.80. The Morgan fingerprint density at radius 3 is 2.67 bits per heavy atom. The first-order chi connectivity index (χ1) is 10.2. The van der Waals surface area contributed by atoms with Gasteiger partial charge in [-0.1, -0.05) is 61.4 Å². The zero-order valence-electron chi connectivity index (χ0n) is 11.5. The molecule has 1 heterocycles. The number of halogens is 1. The number of rotatable bonds is 2. The molecule has 0 unspecified atom stereocenters. The van der Waals surface area contributed by atoms with Crippen LogP contribution in [0.4, 0.5) is 0 Å². The van der Waals surface area contributed by atoms with Gasteiger partial charge in [-0.15, -0.1) is 0 Å². The van der Waals surface area contributed by atoms with E-state index in [4.69, 9.17) is 12.2 Å². The first-order valence-corrected chi connectivity index (χ1v) is 9.49. The third kappa shape index (κ3) is 3.35. The molecule has 2 nitrogen and oxygen atoms in total. The molecule has 1 aromatic carbocycles. The molecule has 110 valence electrons. The maximum absolute atomic E-state index is 12.7. The van der Waals surface area contributed by atoms with E-state index in [0.717, 1.165) is 31.2 Å². The van der Waals surface area contributed by atoms with Gasteiger partial charge in [-0.3, -0.25) is 9.69 Å². The van der Waals surface area contributed by atoms with Gasteiger partial charge in [0.05, 0.1) is 4.91 Å². The standard InChI is InChI=1S/C16H16INOS2/c17-13-9-5-4-6-11(13)10-14-15(19)18(16(20)21-14)12-7-2-1-3-8-12/h4-6,9-10,12H,1-3,7-8H2/b14-10+. The fourth-order valence-electron chi connectivity index (χ4n) is 2.87. The van der Waals surface area contributed by atoms with Gasteiger partial charge in [0.15, 0.2) is 0 Å². The molecule has 3 rings (SSSR count).